The van der Waals surface area contributed by atoms with Gasteiger partial charge in [-0.05, 0) is 41.1 Å². The third kappa shape index (κ3) is 2.90. The molecule has 0 spiro atoms. The number of aromatic hydroxyl groups is 1. The van der Waals surface area contributed by atoms with Crippen molar-refractivity contribution in [2.45, 2.75) is 6.92 Å². The predicted octanol–water partition coefficient (Wildman–Crippen LogP) is 2.79. The lowest BCUT2D eigenvalue weighted by Crippen LogP contribution is -2.06. The number of esters is 1. The fraction of sp³-hybridized carbons (Fsp3) is 0.154. The number of hydrogen-bond donors (Lipinski definition) is 1. The number of carbonyl (C=O) groups is 1. The fourth-order valence-corrected chi connectivity index (χ4v) is 1.94. The van der Waals surface area contributed by atoms with E-state index < -0.39 is 5.97 Å². The quantitative estimate of drug-likeness (QED) is 0.695. The highest BCUT2D eigenvalue weighted by atomic mass is 79.9. The lowest BCUT2D eigenvalue weighted by molar-refractivity contribution is 0.0523. The molecule has 0 amide bonds. The highest BCUT2D eigenvalue weighted by Crippen LogP contribution is 2.30. The Labute approximate surface area is 118 Å². The van der Waals surface area contributed by atoms with Crippen LogP contribution in [0.1, 0.15) is 17.3 Å². The highest BCUT2D eigenvalue weighted by molar-refractivity contribution is 9.10. The Morgan fingerprint density at radius 3 is 2.95 bits per heavy atom. The van der Waals surface area contributed by atoms with Crippen molar-refractivity contribution in [2.24, 2.45) is 0 Å². The van der Waals surface area contributed by atoms with Gasteiger partial charge in [-0.25, -0.2) is 9.78 Å². The maximum absolute atomic E-state index is 11.8. The topological polar surface area (TPSA) is 72.3 Å². The molecule has 2 heterocycles. The summed E-state index contributed by atoms with van der Waals surface area (Å²) in [4.78, 5) is 19.9. The third-order valence-corrected chi connectivity index (χ3v) is 2.96. The van der Waals surface area contributed by atoms with Crippen molar-refractivity contribution in [3.05, 3.63) is 40.8 Å². The second-order valence-electron chi connectivity index (χ2n) is 3.66. The van der Waals surface area contributed by atoms with E-state index in [1.165, 1.54) is 6.07 Å². The number of rotatable bonds is 3. The molecule has 0 aromatic carbocycles. The van der Waals surface area contributed by atoms with E-state index in [9.17, 15) is 9.90 Å². The lowest BCUT2D eigenvalue weighted by Gasteiger charge is -2.08. The van der Waals surface area contributed by atoms with Crippen LogP contribution in [0.25, 0.3) is 11.3 Å². The number of pyridine rings is 2. The van der Waals surface area contributed by atoms with Crippen LogP contribution in [0.15, 0.2) is 35.2 Å². The summed E-state index contributed by atoms with van der Waals surface area (Å²) in [6.07, 6.45) is 3.27. The van der Waals surface area contributed by atoms with E-state index in [1.807, 2.05) is 6.07 Å². The van der Waals surface area contributed by atoms with Gasteiger partial charge in [0.2, 0.25) is 0 Å². The summed E-state index contributed by atoms with van der Waals surface area (Å²) in [5.41, 5.74) is 1.34. The van der Waals surface area contributed by atoms with E-state index >= 15 is 0 Å². The van der Waals surface area contributed by atoms with Crippen molar-refractivity contribution in [1.29, 1.82) is 0 Å². The van der Waals surface area contributed by atoms with Crippen molar-refractivity contribution < 1.29 is 14.6 Å². The first-order valence-corrected chi connectivity index (χ1v) is 6.39. The van der Waals surface area contributed by atoms with Gasteiger partial charge in [-0.3, -0.25) is 4.98 Å². The predicted molar refractivity (Wildman–Crippen MR) is 72.8 cm³/mol. The van der Waals surface area contributed by atoms with Gasteiger partial charge in [-0.15, -0.1) is 0 Å². The molecule has 0 radical (unpaired) electrons. The van der Waals surface area contributed by atoms with E-state index in [1.54, 1.807) is 25.4 Å². The maximum Gasteiger partial charge on any atom is 0.342 e. The molecule has 0 aliphatic carbocycles. The number of ether oxygens (including phenoxy) is 1. The van der Waals surface area contributed by atoms with Crippen molar-refractivity contribution in [2.75, 3.05) is 6.61 Å². The lowest BCUT2D eigenvalue weighted by atomic mass is 10.1. The molecule has 2 aromatic rings. The molecular formula is C13H11BrN2O3. The summed E-state index contributed by atoms with van der Waals surface area (Å²) in [6, 6.07) is 5.06. The van der Waals surface area contributed by atoms with Crippen molar-refractivity contribution in [1.82, 2.24) is 9.97 Å². The molecule has 0 unspecified atom stereocenters. The molecule has 98 valence electrons. The molecule has 0 bridgehead atoms. The van der Waals surface area contributed by atoms with E-state index in [0.29, 0.717) is 5.69 Å². The third-order valence-electron chi connectivity index (χ3n) is 2.40. The molecule has 0 aliphatic rings. The van der Waals surface area contributed by atoms with Crippen LogP contribution in [0.2, 0.25) is 0 Å². The van der Waals surface area contributed by atoms with Gasteiger partial charge in [0.1, 0.15) is 10.2 Å². The van der Waals surface area contributed by atoms with Crippen LogP contribution >= 0.6 is 15.9 Å². The van der Waals surface area contributed by atoms with Gasteiger partial charge in [0.25, 0.3) is 0 Å². The maximum atomic E-state index is 11.8. The average Bonchev–Trinajstić information content (AvgIpc) is 2.43. The van der Waals surface area contributed by atoms with Crippen LogP contribution in [-0.2, 0) is 4.74 Å². The van der Waals surface area contributed by atoms with E-state index in [0.717, 1.165) is 5.56 Å². The van der Waals surface area contributed by atoms with Gasteiger partial charge >= 0.3 is 5.97 Å². The largest absolute Gasteiger partial charge is 0.504 e. The number of halogens is 1. The molecule has 0 saturated carbocycles. The second kappa shape index (κ2) is 5.79. The molecule has 19 heavy (non-hydrogen) atoms. The summed E-state index contributed by atoms with van der Waals surface area (Å²) in [5, 5.41) is 9.84. The van der Waals surface area contributed by atoms with Gasteiger partial charge in [0.15, 0.2) is 5.75 Å². The van der Waals surface area contributed by atoms with Gasteiger partial charge in [0.05, 0.1) is 12.3 Å². The number of carbonyl (C=O) groups excluding carboxylic acids is 1. The van der Waals surface area contributed by atoms with Crippen LogP contribution in [-0.4, -0.2) is 27.7 Å². The Balaban J connectivity index is 2.51. The Bertz CT molecular complexity index is 602. The minimum absolute atomic E-state index is 0.0718. The minimum Gasteiger partial charge on any atom is -0.504 e. The average molecular weight is 323 g/mol. The molecule has 6 heteroatoms. The standard InChI is InChI=1S/C13H11BrN2O3/c1-2-19-13(18)9-6-10(16-12(14)11(9)17)8-4-3-5-15-7-8/h3-7,17H,2H2,1H3. The molecule has 0 fully saturated rings. The van der Waals surface area contributed by atoms with Crippen LogP contribution in [0, 0.1) is 0 Å². The molecule has 5 nitrogen and oxygen atoms in total. The van der Waals surface area contributed by atoms with Gasteiger partial charge in [-0.1, -0.05) is 0 Å². The molecular weight excluding hydrogens is 312 g/mol. The Morgan fingerprint density at radius 2 is 2.32 bits per heavy atom. The summed E-state index contributed by atoms with van der Waals surface area (Å²) in [6.45, 7) is 1.94. The first kappa shape index (κ1) is 13.5. The first-order chi connectivity index (χ1) is 9.13. The molecule has 2 aromatic heterocycles. The Morgan fingerprint density at radius 1 is 1.53 bits per heavy atom. The Hall–Kier alpha value is -1.95. The summed E-state index contributed by atoms with van der Waals surface area (Å²) in [5.74, 6) is -0.820. The highest BCUT2D eigenvalue weighted by Gasteiger charge is 2.18. The van der Waals surface area contributed by atoms with Crippen LogP contribution in [0.3, 0.4) is 0 Å². The van der Waals surface area contributed by atoms with Gasteiger partial charge < -0.3 is 9.84 Å². The zero-order valence-electron chi connectivity index (χ0n) is 10.1. The number of hydrogen-bond acceptors (Lipinski definition) is 5. The monoisotopic (exact) mass is 322 g/mol. The normalized spacial score (nSPS) is 10.2. The second-order valence-corrected chi connectivity index (χ2v) is 4.41. The van der Waals surface area contributed by atoms with Crippen molar-refractivity contribution in [3.63, 3.8) is 0 Å². The van der Waals surface area contributed by atoms with Crippen LogP contribution in [0.4, 0.5) is 0 Å². The van der Waals surface area contributed by atoms with Crippen molar-refractivity contribution in [3.8, 4) is 17.0 Å². The van der Waals surface area contributed by atoms with E-state index in [-0.39, 0.29) is 22.5 Å². The van der Waals surface area contributed by atoms with Gasteiger partial charge in [-0.2, -0.15) is 0 Å². The zero-order chi connectivity index (χ0) is 13.8. The molecule has 0 saturated heterocycles. The molecule has 1 N–H and O–H groups in total. The minimum atomic E-state index is -0.590. The summed E-state index contributed by atoms with van der Waals surface area (Å²) >= 11 is 3.12. The van der Waals surface area contributed by atoms with Crippen molar-refractivity contribution >= 4 is 21.9 Å². The van der Waals surface area contributed by atoms with E-state index in [4.69, 9.17) is 4.74 Å². The smallest absolute Gasteiger partial charge is 0.342 e. The number of nitrogens with zero attached hydrogens (tertiary/aromatic N) is 2. The number of aromatic nitrogens is 2. The SMILES string of the molecule is CCOC(=O)c1cc(-c2cccnc2)nc(Br)c1O. The molecule has 2 rings (SSSR count). The molecule has 0 aliphatic heterocycles. The first-order valence-electron chi connectivity index (χ1n) is 5.60. The van der Waals surface area contributed by atoms with Crippen LogP contribution in [0.5, 0.6) is 5.75 Å². The summed E-state index contributed by atoms with van der Waals surface area (Å²) in [7, 11) is 0. The molecule has 0 atom stereocenters. The van der Waals surface area contributed by atoms with E-state index in [2.05, 4.69) is 25.9 Å². The van der Waals surface area contributed by atoms with Crippen LogP contribution < -0.4 is 0 Å². The van der Waals surface area contributed by atoms with Gasteiger partial charge in [0, 0.05) is 18.0 Å². The fourth-order valence-electron chi connectivity index (χ4n) is 1.53. The summed E-state index contributed by atoms with van der Waals surface area (Å²) < 4.78 is 5.08. The zero-order valence-corrected chi connectivity index (χ0v) is 11.7. The Kier molecular flexibility index (Phi) is 4.11.